The third kappa shape index (κ3) is 5.06. The van der Waals surface area contributed by atoms with Gasteiger partial charge in [0.1, 0.15) is 5.82 Å². The summed E-state index contributed by atoms with van der Waals surface area (Å²) in [5.41, 5.74) is 3.04. The molecule has 3 aromatic rings. The molecule has 2 amide bonds. The lowest BCUT2D eigenvalue weighted by molar-refractivity contribution is -0.137. The van der Waals surface area contributed by atoms with Crippen LogP contribution in [0.5, 0.6) is 0 Å². The average Bonchev–Trinajstić information content (AvgIpc) is 3.44. The fraction of sp³-hybridized carbons (Fsp3) is 0.500. The Kier molecular flexibility index (Phi) is 7.74. The molecule has 5 heterocycles. The zero-order valence-corrected chi connectivity index (χ0v) is 24.6. The number of pyridine rings is 1. The number of imidazole rings is 1. The molecular weight excluding hydrogens is 535 g/mol. The van der Waals surface area contributed by atoms with Gasteiger partial charge in [0.15, 0.2) is 12.1 Å². The fourth-order valence-corrected chi connectivity index (χ4v) is 7.07. The van der Waals surface area contributed by atoms with Gasteiger partial charge in [-0.15, -0.1) is 0 Å². The van der Waals surface area contributed by atoms with Crippen LogP contribution >= 0.6 is 0 Å². The van der Waals surface area contributed by atoms with E-state index in [1.54, 1.807) is 21.6 Å². The number of benzene rings is 1. The van der Waals surface area contributed by atoms with Crippen molar-refractivity contribution >= 4 is 29.3 Å². The number of piperazine rings is 1. The summed E-state index contributed by atoms with van der Waals surface area (Å²) in [7, 11) is 0. The molecule has 1 saturated carbocycles. The maximum atomic E-state index is 14.5. The molecule has 4 aliphatic rings. The van der Waals surface area contributed by atoms with E-state index < -0.39 is 5.82 Å². The van der Waals surface area contributed by atoms with Gasteiger partial charge in [0.2, 0.25) is 5.91 Å². The van der Waals surface area contributed by atoms with E-state index >= 15 is 0 Å². The van der Waals surface area contributed by atoms with Crippen molar-refractivity contribution in [2.24, 2.45) is 5.92 Å². The molecule has 1 aliphatic carbocycles. The molecule has 1 unspecified atom stereocenters. The van der Waals surface area contributed by atoms with Crippen molar-refractivity contribution in [1.82, 2.24) is 24.5 Å². The molecule has 2 aromatic heterocycles. The molecule has 0 radical (unpaired) electrons. The van der Waals surface area contributed by atoms with E-state index in [0.29, 0.717) is 67.6 Å². The number of piperidine rings is 2. The van der Waals surface area contributed by atoms with Crippen LogP contribution in [0.2, 0.25) is 0 Å². The average molecular weight is 575 g/mol. The monoisotopic (exact) mass is 574 g/mol. The van der Waals surface area contributed by atoms with Gasteiger partial charge in [0, 0.05) is 56.6 Å². The number of fused-ring (bicyclic) bond motifs is 4. The second kappa shape index (κ2) is 11.5. The predicted octanol–water partition coefficient (Wildman–Crippen LogP) is 4.00. The van der Waals surface area contributed by atoms with Crippen LogP contribution in [0.4, 0.5) is 10.1 Å². The van der Waals surface area contributed by atoms with Crippen LogP contribution in [0.3, 0.4) is 0 Å². The Labute approximate surface area is 245 Å². The van der Waals surface area contributed by atoms with E-state index in [1.165, 1.54) is 25.0 Å². The molecule has 9 nitrogen and oxygen atoms in total. The highest BCUT2D eigenvalue weighted by atomic mass is 19.1. The number of rotatable bonds is 7. The Balaban J connectivity index is 1.32. The van der Waals surface area contributed by atoms with Crippen LogP contribution in [-0.2, 0) is 4.79 Å². The minimum absolute atomic E-state index is 0.0559. The Bertz CT molecular complexity index is 1500. The first-order valence-electron chi connectivity index (χ1n) is 15.2. The van der Waals surface area contributed by atoms with Crippen LogP contribution in [0.25, 0.3) is 16.6 Å². The highest BCUT2D eigenvalue weighted by molar-refractivity contribution is 6.03. The van der Waals surface area contributed by atoms with Gasteiger partial charge in [-0.3, -0.25) is 18.8 Å². The molecule has 0 spiro atoms. The smallest absolute Gasteiger partial charge is 0.254 e. The molecule has 1 atom stereocenters. The first-order valence-corrected chi connectivity index (χ1v) is 15.2. The van der Waals surface area contributed by atoms with Gasteiger partial charge in [-0.2, -0.15) is 0 Å². The molecule has 2 bridgehead atoms. The molecule has 4 fully saturated rings. The van der Waals surface area contributed by atoms with E-state index in [9.17, 15) is 18.8 Å². The van der Waals surface area contributed by atoms with Crippen molar-refractivity contribution in [2.45, 2.75) is 64.6 Å². The first kappa shape index (κ1) is 28.3. The van der Waals surface area contributed by atoms with Crippen LogP contribution in [0.15, 0.2) is 36.7 Å². The molecule has 42 heavy (non-hydrogen) atoms. The topological polar surface area (TPSA) is 90.3 Å². The van der Waals surface area contributed by atoms with E-state index in [1.807, 2.05) is 37.9 Å². The number of aromatic nitrogens is 2. The van der Waals surface area contributed by atoms with Crippen LogP contribution in [-0.4, -0.2) is 88.1 Å². The third-order valence-electron chi connectivity index (χ3n) is 9.37. The summed E-state index contributed by atoms with van der Waals surface area (Å²) in [4.78, 5) is 49.2. The van der Waals surface area contributed by atoms with Crippen molar-refractivity contribution in [3.63, 3.8) is 0 Å². The van der Waals surface area contributed by atoms with E-state index in [0.717, 1.165) is 18.5 Å². The maximum Gasteiger partial charge on any atom is 0.254 e. The summed E-state index contributed by atoms with van der Waals surface area (Å²) in [5, 5.41) is 3.58. The summed E-state index contributed by atoms with van der Waals surface area (Å²) in [6.07, 6.45) is 8.78. The Morgan fingerprint density at radius 3 is 2.45 bits per heavy atom. The maximum absolute atomic E-state index is 14.5. The molecule has 3 aliphatic heterocycles. The van der Waals surface area contributed by atoms with Crippen LogP contribution in [0.1, 0.15) is 67.4 Å². The minimum Gasteiger partial charge on any atom is -0.367 e. The van der Waals surface area contributed by atoms with Crippen molar-refractivity contribution < 1.29 is 18.8 Å². The number of anilines is 1. The Hall–Kier alpha value is -3.79. The summed E-state index contributed by atoms with van der Waals surface area (Å²) in [5.74, 6) is 0.141. The van der Waals surface area contributed by atoms with Gasteiger partial charge >= 0.3 is 0 Å². The molecule has 1 N–H and O–H groups in total. The number of hydrogen-bond donors (Lipinski definition) is 1. The first-order chi connectivity index (χ1) is 20.3. The number of amides is 2. The number of nitrogens with zero attached hydrogens (tertiary/aromatic N) is 5. The van der Waals surface area contributed by atoms with Gasteiger partial charge < -0.3 is 20.0 Å². The normalized spacial score (nSPS) is 22.2. The SMILES string of the molecule is CCN(C(=O)c1cc(F)ccc1-c1cc(N2CCN(C(=O)C3NC4CCC3CC4)CC2)cn2c(C=O)ncc12)C(C)C. The lowest BCUT2D eigenvalue weighted by atomic mass is 9.76. The second-order valence-electron chi connectivity index (χ2n) is 12.0. The van der Waals surface area contributed by atoms with Crippen molar-refractivity contribution in [3.05, 3.63) is 53.9 Å². The van der Waals surface area contributed by atoms with Crippen molar-refractivity contribution in [2.75, 3.05) is 37.6 Å². The molecule has 3 saturated heterocycles. The van der Waals surface area contributed by atoms with Crippen LogP contribution < -0.4 is 10.2 Å². The predicted molar refractivity (Wildman–Crippen MR) is 159 cm³/mol. The zero-order valence-electron chi connectivity index (χ0n) is 24.6. The number of halogens is 1. The zero-order chi connectivity index (χ0) is 29.5. The number of aldehydes is 1. The lowest BCUT2D eigenvalue weighted by Gasteiger charge is -2.45. The molecule has 10 heteroatoms. The van der Waals surface area contributed by atoms with E-state index in [2.05, 4.69) is 15.2 Å². The highest BCUT2D eigenvalue weighted by Gasteiger charge is 2.41. The largest absolute Gasteiger partial charge is 0.367 e. The number of carbonyl (C=O) groups is 3. The summed E-state index contributed by atoms with van der Waals surface area (Å²) < 4.78 is 16.3. The summed E-state index contributed by atoms with van der Waals surface area (Å²) >= 11 is 0. The standard InChI is InChI=1S/C32H39FN6O3/c1-4-38(20(2)3)31(41)27-15-22(33)7-10-25(27)26-16-24(18-39-28(26)17-34-29(39)19-40)36-11-13-37(14-12-36)32(42)30-21-5-8-23(35-30)9-6-21/h7,10,15-21,23,30,35H,4-6,8-9,11-14H2,1-3H3. The highest BCUT2D eigenvalue weighted by Crippen LogP contribution is 2.36. The Morgan fingerprint density at radius 1 is 1.10 bits per heavy atom. The van der Waals surface area contributed by atoms with Crippen LogP contribution in [0, 0.1) is 11.7 Å². The molecular formula is C32H39FN6O3. The Morgan fingerprint density at radius 2 is 1.83 bits per heavy atom. The second-order valence-corrected chi connectivity index (χ2v) is 12.0. The lowest BCUT2D eigenvalue weighted by Crippen LogP contribution is -2.61. The molecule has 7 rings (SSSR count). The fourth-order valence-electron chi connectivity index (χ4n) is 7.07. The molecule has 1 aromatic carbocycles. The van der Waals surface area contributed by atoms with Gasteiger partial charge in [-0.05, 0) is 76.1 Å². The third-order valence-corrected chi connectivity index (χ3v) is 9.37. The quantitative estimate of drug-likeness (QED) is 0.429. The summed E-state index contributed by atoms with van der Waals surface area (Å²) in [6.45, 7) is 8.74. The number of nitrogens with one attached hydrogen (secondary N) is 1. The summed E-state index contributed by atoms with van der Waals surface area (Å²) in [6, 6.07) is 6.60. The van der Waals surface area contributed by atoms with E-state index in [4.69, 9.17) is 0 Å². The van der Waals surface area contributed by atoms with Gasteiger partial charge in [-0.25, -0.2) is 9.37 Å². The van der Waals surface area contributed by atoms with Crippen molar-refractivity contribution in [1.29, 1.82) is 0 Å². The minimum atomic E-state index is -0.488. The van der Waals surface area contributed by atoms with E-state index in [-0.39, 0.29) is 35.3 Å². The van der Waals surface area contributed by atoms with Gasteiger partial charge in [0.25, 0.3) is 5.91 Å². The van der Waals surface area contributed by atoms with Gasteiger partial charge in [0.05, 0.1) is 29.0 Å². The molecule has 222 valence electrons. The number of carbonyl (C=O) groups excluding carboxylic acids is 3. The number of hydrogen-bond acceptors (Lipinski definition) is 6. The van der Waals surface area contributed by atoms with Gasteiger partial charge in [-0.1, -0.05) is 6.07 Å². The van der Waals surface area contributed by atoms with Crippen molar-refractivity contribution in [3.8, 4) is 11.1 Å².